The summed E-state index contributed by atoms with van der Waals surface area (Å²) in [5, 5.41) is 1.02. The van der Waals surface area contributed by atoms with Crippen LogP contribution in [-0.4, -0.2) is 21.0 Å². The quantitative estimate of drug-likeness (QED) is 0.612. The van der Waals surface area contributed by atoms with Gasteiger partial charge in [-0.2, -0.15) is 8.42 Å². The van der Waals surface area contributed by atoms with Gasteiger partial charge in [0.25, 0.3) is 10.1 Å². The van der Waals surface area contributed by atoms with Crippen LogP contribution < -0.4 is 0 Å². The molecule has 0 amide bonds. The first-order chi connectivity index (χ1) is 6.71. The first-order valence-corrected chi connectivity index (χ1v) is 9.45. The van der Waals surface area contributed by atoms with E-state index < -0.39 is 18.2 Å². The van der Waals surface area contributed by atoms with Gasteiger partial charge in [0, 0.05) is 0 Å². The Hall–Kier alpha value is -0.133. The van der Waals surface area contributed by atoms with Crippen molar-refractivity contribution in [1.29, 1.82) is 0 Å². The fraction of sp³-hybridized carbons (Fsp3) is 0.818. The van der Waals surface area contributed by atoms with Crippen molar-refractivity contribution in [1.82, 2.24) is 0 Å². The minimum atomic E-state index is -4.02. The Bertz CT molecular complexity index is 355. The molecule has 0 aromatic heterocycles. The first-order valence-electron chi connectivity index (χ1n) is 5.37. The van der Waals surface area contributed by atoms with Crippen LogP contribution in [0, 0.1) is 0 Å². The normalized spacial score (nSPS) is 15.8. The molecule has 16 heavy (non-hydrogen) atoms. The Kier molecular flexibility index (Phi) is 4.24. The predicted molar refractivity (Wildman–Crippen MR) is 71.7 cm³/mol. The second-order valence-electron chi connectivity index (χ2n) is 6.52. The third-order valence-corrected chi connectivity index (χ3v) is 11.5. The van der Waals surface area contributed by atoms with E-state index in [4.69, 9.17) is 4.55 Å². The predicted octanol–water partition coefficient (Wildman–Crippen LogP) is 3.61. The van der Waals surface area contributed by atoms with E-state index in [1.165, 1.54) is 0 Å². The Labute approximate surface area is 101 Å². The third-order valence-electron chi connectivity index (χ3n) is 3.69. The molecule has 0 spiro atoms. The maximum Gasteiger partial charge on any atom is 0.286 e. The minimum Gasteiger partial charge on any atom is -0.282 e. The molecular formula is C11H24O3SSi. The van der Waals surface area contributed by atoms with Crippen molar-refractivity contribution in [3.63, 3.8) is 0 Å². The first kappa shape index (κ1) is 15.9. The lowest BCUT2D eigenvalue weighted by atomic mass is 10.2. The fourth-order valence-electron chi connectivity index (χ4n) is 1.85. The van der Waals surface area contributed by atoms with Crippen molar-refractivity contribution < 1.29 is 13.0 Å². The molecule has 0 aliphatic rings. The topological polar surface area (TPSA) is 54.4 Å². The van der Waals surface area contributed by atoms with Gasteiger partial charge in [0.1, 0.15) is 0 Å². The molecule has 5 heteroatoms. The van der Waals surface area contributed by atoms with Crippen molar-refractivity contribution in [3.05, 3.63) is 11.1 Å². The van der Waals surface area contributed by atoms with Crippen molar-refractivity contribution in [2.45, 2.75) is 58.2 Å². The standard InChI is InChI=1S/C11H24O3SSi/c1-10(2,3)16(7,11(4,5)6)9-8-15(12,13)14/h8-9H,1-7H3,(H,12,13,14). The van der Waals surface area contributed by atoms with Gasteiger partial charge in [-0.05, 0) is 10.1 Å². The van der Waals surface area contributed by atoms with Crippen LogP contribution in [0.5, 0.6) is 0 Å². The van der Waals surface area contributed by atoms with Crippen LogP contribution >= 0.6 is 0 Å². The molecule has 96 valence electrons. The molecule has 3 nitrogen and oxygen atoms in total. The van der Waals surface area contributed by atoms with Gasteiger partial charge in [0.2, 0.25) is 0 Å². The van der Waals surface area contributed by atoms with Crippen molar-refractivity contribution in [2.75, 3.05) is 0 Å². The summed E-state index contributed by atoms with van der Waals surface area (Å²) in [4.78, 5) is 0. The summed E-state index contributed by atoms with van der Waals surface area (Å²) in [6.07, 6.45) is 0. The van der Waals surface area contributed by atoms with Gasteiger partial charge in [-0.3, -0.25) is 4.55 Å². The smallest absolute Gasteiger partial charge is 0.282 e. The average molecular weight is 264 g/mol. The molecule has 0 aliphatic carbocycles. The monoisotopic (exact) mass is 264 g/mol. The third kappa shape index (κ3) is 3.71. The number of rotatable bonds is 2. The summed E-state index contributed by atoms with van der Waals surface area (Å²) in [5.41, 5.74) is 1.74. The molecule has 0 fully saturated rings. The van der Waals surface area contributed by atoms with Crippen molar-refractivity contribution in [3.8, 4) is 0 Å². The van der Waals surface area contributed by atoms with Crippen LogP contribution in [0.1, 0.15) is 41.5 Å². The lowest BCUT2D eigenvalue weighted by molar-refractivity contribution is 0.494. The second kappa shape index (κ2) is 4.27. The summed E-state index contributed by atoms with van der Waals surface area (Å²) in [5.74, 6) is 0. The average Bonchev–Trinajstić information content (AvgIpc) is 1.93. The van der Waals surface area contributed by atoms with Gasteiger partial charge in [-0.25, -0.2) is 0 Å². The molecule has 0 aromatic carbocycles. The highest BCUT2D eigenvalue weighted by Crippen LogP contribution is 2.51. The van der Waals surface area contributed by atoms with E-state index in [9.17, 15) is 8.42 Å². The van der Waals surface area contributed by atoms with Crippen molar-refractivity contribution in [2.24, 2.45) is 0 Å². The van der Waals surface area contributed by atoms with E-state index in [1.807, 2.05) is 0 Å². The zero-order chi connectivity index (χ0) is 13.4. The Balaban J connectivity index is 5.57. The lowest BCUT2D eigenvalue weighted by Gasteiger charge is -2.47. The van der Waals surface area contributed by atoms with Gasteiger partial charge in [-0.15, -0.1) is 0 Å². The van der Waals surface area contributed by atoms with Crippen molar-refractivity contribution >= 4 is 18.2 Å². The zero-order valence-electron chi connectivity index (χ0n) is 11.3. The maximum absolute atomic E-state index is 10.8. The SMILES string of the molecule is CC(C)(C)[Si](C)(C=CS(=O)(=O)O)C(C)(C)C. The zero-order valence-corrected chi connectivity index (χ0v) is 13.1. The van der Waals surface area contributed by atoms with E-state index in [-0.39, 0.29) is 10.1 Å². The fourth-order valence-corrected chi connectivity index (χ4v) is 6.87. The highest BCUT2D eigenvalue weighted by Gasteiger charge is 2.47. The Morgan fingerprint density at radius 3 is 1.50 bits per heavy atom. The highest BCUT2D eigenvalue weighted by molar-refractivity contribution is 7.88. The number of hydrogen-bond acceptors (Lipinski definition) is 2. The molecule has 1 N–H and O–H groups in total. The van der Waals surface area contributed by atoms with Crippen LogP contribution in [0.4, 0.5) is 0 Å². The maximum atomic E-state index is 10.8. The largest absolute Gasteiger partial charge is 0.286 e. The lowest BCUT2D eigenvalue weighted by Crippen LogP contribution is -2.47. The molecule has 0 atom stereocenters. The molecule has 0 heterocycles. The molecule has 0 unspecified atom stereocenters. The van der Waals surface area contributed by atoms with Gasteiger partial charge >= 0.3 is 0 Å². The van der Waals surface area contributed by atoms with E-state index >= 15 is 0 Å². The molecule has 0 saturated heterocycles. The summed E-state index contributed by atoms with van der Waals surface area (Å²) in [6, 6.07) is 0. The second-order valence-corrected chi connectivity index (χ2v) is 13.6. The number of hydrogen-bond donors (Lipinski definition) is 1. The van der Waals surface area contributed by atoms with Gasteiger partial charge in [-0.1, -0.05) is 53.8 Å². The van der Waals surface area contributed by atoms with Gasteiger partial charge in [0.05, 0.1) is 13.5 Å². The molecule has 0 radical (unpaired) electrons. The van der Waals surface area contributed by atoms with E-state index in [2.05, 4.69) is 48.1 Å². The minimum absolute atomic E-state index is 0.0342. The van der Waals surface area contributed by atoms with Crippen LogP contribution in [0.2, 0.25) is 16.6 Å². The molecule has 0 aliphatic heterocycles. The van der Waals surface area contributed by atoms with Crippen LogP contribution in [0.25, 0.3) is 0 Å². The summed E-state index contributed by atoms with van der Waals surface area (Å²) in [6.45, 7) is 14.9. The molecule has 0 saturated carbocycles. The van der Waals surface area contributed by atoms with Crippen LogP contribution in [0.3, 0.4) is 0 Å². The molecule has 0 aromatic rings. The summed E-state index contributed by atoms with van der Waals surface area (Å²) >= 11 is 0. The van der Waals surface area contributed by atoms with E-state index in [0.717, 1.165) is 5.41 Å². The van der Waals surface area contributed by atoms with E-state index in [0.29, 0.717) is 0 Å². The molecule has 0 rings (SSSR count). The van der Waals surface area contributed by atoms with E-state index in [1.54, 1.807) is 5.70 Å². The van der Waals surface area contributed by atoms with Crippen LogP contribution in [0.15, 0.2) is 11.1 Å². The van der Waals surface area contributed by atoms with Gasteiger partial charge < -0.3 is 0 Å². The molecular weight excluding hydrogens is 240 g/mol. The Morgan fingerprint density at radius 1 is 1.00 bits per heavy atom. The summed E-state index contributed by atoms with van der Waals surface area (Å²) < 4.78 is 30.5. The van der Waals surface area contributed by atoms with Gasteiger partial charge in [0.15, 0.2) is 0 Å². The highest BCUT2D eigenvalue weighted by atomic mass is 32.2. The Morgan fingerprint density at radius 2 is 1.31 bits per heavy atom. The van der Waals surface area contributed by atoms with Crippen LogP contribution in [-0.2, 0) is 10.1 Å². The summed E-state index contributed by atoms with van der Waals surface area (Å²) in [7, 11) is -6.01. The molecule has 0 bridgehead atoms.